The van der Waals surface area contributed by atoms with Crippen LogP contribution in [0.5, 0.6) is 5.88 Å². The summed E-state index contributed by atoms with van der Waals surface area (Å²) in [4.78, 5) is 4.25. The van der Waals surface area contributed by atoms with Crippen LogP contribution >= 0.6 is 0 Å². The highest BCUT2D eigenvalue weighted by Gasteiger charge is 2.12. The van der Waals surface area contributed by atoms with E-state index in [0.717, 1.165) is 11.3 Å². The lowest BCUT2D eigenvalue weighted by atomic mass is 10.1. The molecule has 0 saturated heterocycles. The zero-order chi connectivity index (χ0) is 12.8. The highest BCUT2D eigenvalue weighted by Crippen LogP contribution is 2.20. The van der Waals surface area contributed by atoms with Crippen molar-refractivity contribution in [1.29, 1.82) is 5.41 Å². The van der Waals surface area contributed by atoms with Crippen molar-refractivity contribution in [2.24, 2.45) is 5.73 Å². The van der Waals surface area contributed by atoms with E-state index in [-0.39, 0.29) is 5.84 Å². The first-order chi connectivity index (χ1) is 8.06. The average molecular weight is 237 g/mol. The van der Waals surface area contributed by atoms with E-state index < -0.39 is 0 Å². The van der Waals surface area contributed by atoms with Crippen LogP contribution in [-0.2, 0) is 4.74 Å². The third kappa shape index (κ3) is 3.71. The van der Waals surface area contributed by atoms with Gasteiger partial charge in [0.15, 0.2) is 0 Å². The quantitative estimate of drug-likeness (QED) is 0.445. The van der Waals surface area contributed by atoms with E-state index in [1.54, 1.807) is 0 Å². The molecule has 0 aliphatic carbocycles. The number of nitrogens with one attached hydrogen (secondary N) is 1. The molecular weight excluding hydrogens is 218 g/mol. The molecule has 0 aromatic carbocycles. The highest BCUT2D eigenvalue weighted by molar-refractivity contribution is 5.98. The summed E-state index contributed by atoms with van der Waals surface area (Å²) in [5.74, 6) is 0.385. The van der Waals surface area contributed by atoms with E-state index in [0.29, 0.717) is 31.3 Å². The molecular formula is C12H19N3O2. The first kappa shape index (κ1) is 13.4. The van der Waals surface area contributed by atoms with Crippen molar-refractivity contribution in [2.75, 3.05) is 19.8 Å². The molecule has 17 heavy (non-hydrogen) atoms. The number of amidine groups is 1. The average Bonchev–Trinajstić information content (AvgIpc) is 2.22. The number of ether oxygens (including phenoxy) is 2. The van der Waals surface area contributed by atoms with E-state index in [1.165, 1.54) is 0 Å². The van der Waals surface area contributed by atoms with Gasteiger partial charge in [-0.05, 0) is 32.4 Å². The lowest BCUT2D eigenvalue weighted by Gasteiger charge is -2.12. The molecule has 1 aromatic heterocycles. The second-order valence-corrected chi connectivity index (χ2v) is 3.72. The number of nitrogens with zero attached hydrogens (tertiary/aromatic N) is 1. The van der Waals surface area contributed by atoms with Crippen molar-refractivity contribution in [1.82, 2.24) is 4.98 Å². The molecule has 0 saturated carbocycles. The van der Waals surface area contributed by atoms with Crippen LogP contribution in [0.2, 0.25) is 0 Å². The van der Waals surface area contributed by atoms with Gasteiger partial charge in [-0.3, -0.25) is 5.41 Å². The first-order valence-corrected chi connectivity index (χ1v) is 5.59. The SMILES string of the molecule is CCOCCOc1nc(C)cc(C)c1C(=N)N. The zero-order valence-corrected chi connectivity index (χ0v) is 10.5. The smallest absolute Gasteiger partial charge is 0.225 e. The Morgan fingerprint density at radius 2 is 2.12 bits per heavy atom. The molecule has 5 nitrogen and oxygen atoms in total. The van der Waals surface area contributed by atoms with E-state index in [1.807, 2.05) is 26.8 Å². The van der Waals surface area contributed by atoms with Crippen molar-refractivity contribution in [2.45, 2.75) is 20.8 Å². The van der Waals surface area contributed by atoms with Gasteiger partial charge in [-0.1, -0.05) is 0 Å². The Balaban J connectivity index is 2.85. The van der Waals surface area contributed by atoms with Crippen molar-refractivity contribution in [3.63, 3.8) is 0 Å². The fourth-order valence-corrected chi connectivity index (χ4v) is 1.58. The van der Waals surface area contributed by atoms with Crippen LogP contribution in [0.15, 0.2) is 6.07 Å². The Morgan fingerprint density at radius 1 is 1.41 bits per heavy atom. The Kier molecular flexibility index (Phi) is 4.90. The fraction of sp³-hybridized carbons (Fsp3) is 0.500. The van der Waals surface area contributed by atoms with E-state index >= 15 is 0 Å². The van der Waals surface area contributed by atoms with Crippen LogP contribution in [-0.4, -0.2) is 30.6 Å². The number of aryl methyl sites for hydroxylation is 2. The molecule has 0 aliphatic rings. The Morgan fingerprint density at radius 3 is 2.71 bits per heavy atom. The molecule has 0 unspecified atom stereocenters. The third-order valence-corrected chi connectivity index (χ3v) is 2.25. The van der Waals surface area contributed by atoms with Crippen molar-refractivity contribution in [3.05, 3.63) is 22.9 Å². The minimum Gasteiger partial charge on any atom is -0.475 e. The Hall–Kier alpha value is -1.62. The van der Waals surface area contributed by atoms with Gasteiger partial charge >= 0.3 is 0 Å². The second-order valence-electron chi connectivity index (χ2n) is 3.72. The van der Waals surface area contributed by atoms with Crippen LogP contribution in [0.3, 0.4) is 0 Å². The maximum atomic E-state index is 7.53. The van der Waals surface area contributed by atoms with Gasteiger partial charge in [0, 0.05) is 12.3 Å². The molecule has 0 aliphatic heterocycles. The topological polar surface area (TPSA) is 81.2 Å². The Bertz CT molecular complexity index is 405. The molecule has 5 heteroatoms. The van der Waals surface area contributed by atoms with Crippen molar-refractivity contribution >= 4 is 5.84 Å². The van der Waals surface area contributed by atoms with Crippen LogP contribution in [0.4, 0.5) is 0 Å². The molecule has 1 heterocycles. The zero-order valence-electron chi connectivity index (χ0n) is 10.5. The van der Waals surface area contributed by atoms with Gasteiger partial charge in [0.25, 0.3) is 0 Å². The normalized spacial score (nSPS) is 10.3. The molecule has 1 aromatic rings. The number of rotatable bonds is 6. The summed E-state index contributed by atoms with van der Waals surface area (Å²) in [5.41, 5.74) is 7.84. The molecule has 0 spiro atoms. The summed E-state index contributed by atoms with van der Waals surface area (Å²) in [6.07, 6.45) is 0. The van der Waals surface area contributed by atoms with Crippen molar-refractivity contribution in [3.8, 4) is 5.88 Å². The predicted molar refractivity (Wildman–Crippen MR) is 66.7 cm³/mol. The lowest BCUT2D eigenvalue weighted by Crippen LogP contribution is -2.17. The monoisotopic (exact) mass is 237 g/mol. The van der Waals surface area contributed by atoms with E-state index in [9.17, 15) is 0 Å². The summed E-state index contributed by atoms with van der Waals surface area (Å²) in [6, 6.07) is 1.88. The van der Waals surface area contributed by atoms with Gasteiger partial charge in [0.1, 0.15) is 12.4 Å². The summed E-state index contributed by atoms with van der Waals surface area (Å²) in [5, 5.41) is 7.53. The van der Waals surface area contributed by atoms with Crippen LogP contribution in [0.1, 0.15) is 23.7 Å². The molecule has 0 atom stereocenters. The lowest BCUT2D eigenvalue weighted by molar-refractivity contribution is 0.108. The molecule has 0 bridgehead atoms. The minimum absolute atomic E-state index is 0.0265. The third-order valence-electron chi connectivity index (χ3n) is 2.25. The van der Waals surface area contributed by atoms with Gasteiger partial charge in [-0.15, -0.1) is 0 Å². The van der Waals surface area contributed by atoms with Gasteiger partial charge in [-0.25, -0.2) is 4.98 Å². The maximum Gasteiger partial charge on any atom is 0.225 e. The molecule has 1 rings (SSSR count). The minimum atomic E-state index is -0.0265. The number of hydrogen-bond acceptors (Lipinski definition) is 4. The molecule has 3 N–H and O–H groups in total. The predicted octanol–water partition coefficient (Wildman–Crippen LogP) is 1.40. The van der Waals surface area contributed by atoms with Gasteiger partial charge < -0.3 is 15.2 Å². The number of nitrogens with two attached hydrogens (primary N) is 1. The highest BCUT2D eigenvalue weighted by atomic mass is 16.5. The summed E-state index contributed by atoms with van der Waals surface area (Å²) in [6.45, 7) is 7.26. The maximum absolute atomic E-state index is 7.53. The van der Waals surface area contributed by atoms with Crippen LogP contribution < -0.4 is 10.5 Å². The van der Waals surface area contributed by atoms with Gasteiger partial charge in [-0.2, -0.15) is 0 Å². The number of aromatic nitrogens is 1. The number of pyridine rings is 1. The van der Waals surface area contributed by atoms with E-state index in [2.05, 4.69) is 4.98 Å². The van der Waals surface area contributed by atoms with Gasteiger partial charge in [0.2, 0.25) is 5.88 Å². The number of hydrogen-bond donors (Lipinski definition) is 2. The summed E-state index contributed by atoms with van der Waals surface area (Å²) < 4.78 is 10.7. The van der Waals surface area contributed by atoms with Crippen LogP contribution in [0.25, 0.3) is 0 Å². The molecule has 0 fully saturated rings. The standard InChI is InChI=1S/C12H19N3O2/c1-4-16-5-6-17-12-10(11(13)14)8(2)7-9(3)15-12/h7H,4-6H2,1-3H3,(H3,13,14). The molecule has 94 valence electrons. The Labute approximate surface area is 101 Å². The van der Waals surface area contributed by atoms with Crippen LogP contribution in [0, 0.1) is 19.3 Å². The first-order valence-electron chi connectivity index (χ1n) is 5.59. The van der Waals surface area contributed by atoms with Crippen molar-refractivity contribution < 1.29 is 9.47 Å². The number of nitrogen functional groups attached to an aromatic ring is 1. The fourth-order valence-electron chi connectivity index (χ4n) is 1.58. The summed E-state index contributed by atoms with van der Waals surface area (Å²) >= 11 is 0. The molecule has 0 radical (unpaired) electrons. The van der Waals surface area contributed by atoms with E-state index in [4.69, 9.17) is 20.6 Å². The largest absolute Gasteiger partial charge is 0.475 e. The summed E-state index contributed by atoms with van der Waals surface area (Å²) in [7, 11) is 0. The van der Waals surface area contributed by atoms with Gasteiger partial charge in [0.05, 0.1) is 12.2 Å². The second kappa shape index (κ2) is 6.20. The molecule has 0 amide bonds.